The molecular weight excluding hydrogens is 242 g/mol. The van der Waals surface area contributed by atoms with Crippen molar-refractivity contribution in [1.29, 1.82) is 0 Å². The molecule has 0 aliphatic carbocycles. The lowest BCUT2D eigenvalue weighted by atomic mass is 10.1. The van der Waals surface area contributed by atoms with Gasteiger partial charge in [0, 0.05) is 18.9 Å². The lowest BCUT2D eigenvalue weighted by Crippen LogP contribution is -2.07. The highest BCUT2D eigenvalue weighted by molar-refractivity contribution is 7.90. The predicted octanol–water partition coefficient (Wildman–Crippen LogP) is 1.10. The number of hydrogen-bond donors (Lipinski definition) is 0. The molecule has 0 spiro atoms. The Morgan fingerprint density at radius 2 is 2.18 bits per heavy atom. The Morgan fingerprint density at radius 1 is 1.47 bits per heavy atom. The molecule has 0 aliphatic heterocycles. The highest BCUT2D eigenvalue weighted by Gasteiger charge is 2.12. The van der Waals surface area contributed by atoms with Gasteiger partial charge in [-0.15, -0.1) is 0 Å². The molecule has 0 atom stereocenters. The van der Waals surface area contributed by atoms with Gasteiger partial charge in [-0.3, -0.25) is 9.78 Å². The molecule has 0 amide bonds. The van der Waals surface area contributed by atoms with Crippen molar-refractivity contribution in [1.82, 2.24) is 4.98 Å². The number of ketones is 1. The Hall–Kier alpha value is -1.43. The third kappa shape index (κ3) is 4.52. The van der Waals surface area contributed by atoms with E-state index in [1.54, 1.807) is 6.07 Å². The molecule has 0 bridgehead atoms. The third-order valence-corrected chi connectivity index (χ3v) is 3.25. The number of sulfone groups is 1. The number of rotatable bonds is 6. The van der Waals surface area contributed by atoms with E-state index in [2.05, 4.69) is 4.98 Å². The van der Waals surface area contributed by atoms with Gasteiger partial charge >= 0.3 is 0 Å². The molecule has 94 valence electrons. The smallest absolute Gasteiger partial charge is 0.166 e. The molecule has 1 rings (SSSR count). The summed E-state index contributed by atoms with van der Waals surface area (Å²) in [4.78, 5) is 15.7. The molecule has 0 fully saturated rings. The maximum atomic E-state index is 11.8. The molecule has 0 unspecified atom stereocenters. The van der Waals surface area contributed by atoms with Crippen molar-refractivity contribution in [3.8, 4) is 5.75 Å². The van der Waals surface area contributed by atoms with E-state index in [-0.39, 0.29) is 18.0 Å². The fourth-order valence-corrected chi connectivity index (χ4v) is 2.07. The summed E-state index contributed by atoms with van der Waals surface area (Å²) >= 11 is 0. The fraction of sp³-hybridized carbons (Fsp3) is 0.455. The van der Waals surface area contributed by atoms with Crippen LogP contribution in [0, 0.1) is 0 Å². The Balaban J connectivity index is 2.64. The van der Waals surface area contributed by atoms with Gasteiger partial charge < -0.3 is 4.74 Å². The first-order valence-corrected chi connectivity index (χ1v) is 7.19. The summed E-state index contributed by atoms with van der Waals surface area (Å²) in [6.45, 7) is 0. The average molecular weight is 257 g/mol. The van der Waals surface area contributed by atoms with Crippen molar-refractivity contribution in [2.45, 2.75) is 12.8 Å². The number of aromatic nitrogens is 1. The van der Waals surface area contributed by atoms with Crippen LogP contribution in [0.5, 0.6) is 5.75 Å². The fourth-order valence-electron chi connectivity index (χ4n) is 1.40. The molecule has 0 radical (unpaired) electrons. The summed E-state index contributed by atoms with van der Waals surface area (Å²) in [5, 5.41) is 0. The van der Waals surface area contributed by atoms with Gasteiger partial charge in [0.05, 0.1) is 24.6 Å². The summed E-state index contributed by atoms with van der Waals surface area (Å²) in [5.41, 5.74) is 0.441. The standard InChI is InChI=1S/C11H15NO4S/c1-16-11-8-12-6-5-9(11)10(13)4-3-7-17(2,14)15/h5-6,8H,3-4,7H2,1-2H3. The van der Waals surface area contributed by atoms with Gasteiger partial charge in [-0.25, -0.2) is 8.42 Å². The van der Waals surface area contributed by atoms with Crippen molar-refractivity contribution < 1.29 is 17.9 Å². The number of Topliss-reactive ketones (excluding diaryl/α,β-unsaturated/α-hetero) is 1. The van der Waals surface area contributed by atoms with Gasteiger partial charge in [0.2, 0.25) is 0 Å². The molecule has 0 aliphatic rings. The van der Waals surface area contributed by atoms with Crippen LogP contribution in [0.2, 0.25) is 0 Å². The second kappa shape index (κ2) is 5.77. The van der Waals surface area contributed by atoms with E-state index in [0.29, 0.717) is 17.7 Å². The van der Waals surface area contributed by atoms with E-state index in [9.17, 15) is 13.2 Å². The molecule has 5 nitrogen and oxygen atoms in total. The normalized spacial score (nSPS) is 11.2. The quantitative estimate of drug-likeness (QED) is 0.713. The summed E-state index contributed by atoms with van der Waals surface area (Å²) in [6.07, 6.45) is 4.64. The first-order chi connectivity index (χ1) is 7.94. The maximum absolute atomic E-state index is 11.8. The van der Waals surface area contributed by atoms with E-state index >= 15 is 0 Å². The first kappa shape index (κ1) is 13.6. The molecule has 0 saturated carbocycles. The number of pyridine rings is 1. The van der Waals surface area contributed by atoms with E-state index < -0.39 is 9.84 Å². The van der Waals surface area contributed by atoms with Crippen LogP contribution in [0.4, 0.5) is 0 Å². The monoisotopic (exact) mass is 257 g/mol. The minimum absolute atomic E-state index is 0.0200. The predicted molar refractivity (Wildman–Crippen MR) is 64.1 cm³/mol. The number of nitrogens with zero attached hydrogens (tertiary/aromatic N) is 1. The zero-order valence-corrected chi connectivity index (χ0v) is 10.7. The van der Waals surface area contributed by atoms with Crippen LogP contribution in [0.3, 0.4) is 0 Å². The number of ether oxygens (including phenoxy) is 1. The maximum Gasteiger partial charge on any atom is 0.166 e. The van der Waals surface area contributed by atoms with Crippen LogP contribution >= 0.6 is 0 Å². The van der Waals surface area contributed by atoms with Crippen molar-refractivity contribution in [3.63, 3.8) is 0 Å². The van der Waals surface area contributed by atoms with Gasteiger partial charge in [0.15, 0.2) is 5.78 Å². The topological polar surface area (TPSA) is 73.3 Å². The molecular formula is C11H15NO4S. The summed E-state index contributed by atoms with van der Waals surface area (Å²) in [7, 11) is -1.55. The van der Waals surface area contributed by atoms with Gasteiger partial charge in [-0.2, -0.15) is 0 Å². The minimum atomic E-state index is -3.01. The second-order valence-corrected chi connectivity index (χ2v) is 5.99. The van der Waals surface area contributed by atoms with E-state index in [1.165, 1.54) is 19.5 Å². The van der Waals surface area contributed by atoms with Gasteiger partial charge in [0.1, 0.15) is 15.6 Å². The van der Waals surface area contributed by atoms with Crippen LogP contribution in [0.1, 0.15) is 23.2 Å². The molecule has 0 N–H and O–H groups in total. The lowest BCUT2D eigenvalue weighted by Gasteiger charge is -2.06. The Bertz CT molecular complexity index is 496. The van der Waals surface area contributed by atoms with Crippen LogP contribution in [-0.2, 0) is 9.84 Å². The molecule has 1 heterocycles. The molecule has 1 aromatic rings. The number of hydrogen-bond acceptors (Lipinski definition) is 5. The highest BCUT2D eigenvalue weighted by atomic mass is 32.2. The van der Waals surface area contributed by atoms with E-state index in [0.717, 1.165) is 6.26 Å². The van der Waals surface area contributed by atoms with Gasteiger partial charge in [0.25, 0.3) is 0 Å². The Labute approximate surface area is 101 Å². The molecule has 0 aromatic carbocycles. The molecule has 6 heteroatoms. The third-order valence-electron chi connectivity index (χ3n) is 2.22. The number of carbonyl (C=O) groups is 1. The minimum Gasteiger partial charge on any atom is -0.494 e. The van der Waals surface area contributed by atoms with Crippen molar-refractivity contribution in [3.05, 3.63) is 24.0 Å². The SMILES string of the molecule is COc1cnccc1C(=O)CCCS(C)(=O)=O. The number of carbonyl (C=O) groups excluding carboxylic acids is 1. The molecule has 17 heavy (non-hydrogen) atoms. The summed E-state index contributed by atoms with van der Waals surface area (Å²) in [6, 6.07) is 1.57. The van der Waals surface area contributed by atoms with Gasteiger partial charge in [-0.05, 0) is 12.5 Å². The van der Waals surface area contributed by atoms with Crippen molar-refractivity contribution in [2.75, 3.05) is 19.1 Å². The average Bonchev–Trinajstić information content (AvgIpc) is 2.27. The summed E-state index contributed by atoms with van der Waals surface area (Å²) in [5.74, 6) is 0.302. The lowest BCUT2D eigenvalue weighted by molar-refractivity contribution is 0.0979. The van der Waals surface area contributed by atoms with Crippen LogP contribution in [0.15, 0.2) is 18.5 Å². The van der Waals surface area contributed by atoms with Gasteiger partial charge in [-0.1, -0.05) is 0 Å². The Morgan fingerprint density at radius 3 is 2.76 bits per heavy atom. The largest absolute Gasteiger partial charge is 0.494 e. The van der Waals surface area contributed by atoms with Crippen LogP contribution < -0.4 is 4.74 Å². The van der Waals surface area contributed by atoms with Crippen LogP contribution in [0.25, 0.3) is 0 Å². The van der Waals surface area contributed by atoms with Crippen LogP contribution in [-0.4, -0.2) is 38.3 Å². The first-order valence-electron chi connectivity index (χ1n) is 5.13. The van der Waals surface area contributed by atoms with E-state index in [1.807, 2.05) is 0 Å². The Kier molecular flexibility index (Phi) is 4.62. The molecule has 0 saturated heterocycles. The highest BCUT2D eigenvalue weighted by Crippen LogP contribution is 2.18. The van der Waals surface area contributed by atoms with Crippen molar-refractivity contribution in [2.24, 2.45) is 0 Å². The second-order valence-electron chi connectivity index (χ2n) is 3.73. The van der Waals surface area contributed by atoms with Crippen molar-refractivity contribution >= 4 is 15.6 Å². The molecule has 1 aromatic heterocycles. The number of methoxy groups -OCH3 is 1. The zero-order chi connectivity index (χ0) is 12.9. The zero-order valence-electron chi connectivity index (χ0n) is 9.84. The van der Waals surface area contributed by atoms with E-state index in [4.69, 9.17) is 4.74 Å². The summed E-state index contributed by atoms with van der Waals surface area (Å²) < 4.78 is 26.9.